The van der Waals surface area contributed by atoms with Crippen LogP contribution in [0.3, 0.4) is 0 Å². The molecule has 0 aromatic rings. The quantitative estimate of drug-likeness (QED) is 0.555. The third-order valence-electron chi connectivity index (χ3n) is 1.31. The van der Waals surface area contributed by atoms with Crippen molar-refractivity contribution in [1.29, 1.82) is 0 Å². The molecule has 0 radical (unpaired) electrons. The first-order chi connectivity index (χ1) is 5.42. The van der Waals surface area contributed by atoms with E-state index >= 15 is 0 Å². The van der Waals surface area contributed by atoms with E-state index in [-0.39, 0.29) is 11.9 Å². The Morgan fingerprint density at radius 3 is 2.50 bits per heavy atom. The molecule has 0 saturated heterocycles. The van der Waals surface area contributed by atoms with Crippen molar-refractivity contribution in [3.63, 3.8) is 0 Å². The van der Waals surface area contributed by atoms with Crippen molar-refractivity contribution in [1.82, 2.24) is 5.32 Å². The number of hydrogen-bond acceptors (Lipinski definition) is 4. The highest BCUT2D eigenvalue weighted by atomic mass is 32.2. The summed E-state index contributed by atoms with van der Waals surface area (Å²) in [7, 11) is -2.83. The Labute approximate surface area is 73.9 Å². The molecule has 0 aliphatic heterocycles. The highest BCUT2D eigenvalue weighted by Gasteiger charge is 2.00. The van der Waals surface area contributed by atoms with Gasteiger partial charge in [-0.3, -0.25) is 0 Å². The van der Waals surface area contributed by atoms with Crippen LogP contribution in [-0.2, 0) is 9.84 Å². The van der Waals surface area contributed by atoms with Crippen LogP contribution in [0, 0.1) is 0 Å². The van der Waals surface area contributed by atoms with Crippen LogP contribution in [0.15, 0.2) is 0 Å². The molecule has 0 fully saturated rings. The monoisotopic (exact) mass is 195 g/mol. The minimum absolute atomic E-state index is 0.208. The maximum absolute atomic E-state index is 10.7. The Balaban J connectivity index is 3.23. The number of aliphatic hydroxyl groups excluding tert-OH is 1. The van der Waals surface area contributed by atoms with Gasteiger partial charge < -0.3 is 10.4 Å². The molecular weight excluding hydrogens is 178 g/mol. The molecule has 0 heterocycles. The third kappa shape index (κ3) is 9.87. The summed E-state index contributed by atoms with van der Waals surface area (Å²) in [5.74, 6) is 0.208. The van der Waals surface area contributed by atoms with Crippen molar-refractivity contribution < 1.29 is 13.5 Å². The molecule has 2 N–H and O–H groups in total. The van der Waals surface area contributed by atoms with Gasteiger partial charge in [0.05, 0.1) is 11.9 Å². The maximum atomic E-state index is 10.7. The number of nitrogens with one attached hydrogen (secondary N) is 1. The van der Waals surface area contributed by atoms with Crippen LogP contribution in [-0.4, -0.2) is 44.7 Å². The van der Waals surface area contributed by atoms with Gasteiger partial charge in [-0.25, -0.2) is 8.42 Å². The average molecular weight is 195 g/mol. The molecule has 4 nitrogen and oxygen atoms in total. The molecule has 0 amide bonds. The summed E-state index contributed by atoms with van der Waals surface area (Å²) in [5, 5.41) is 11.8. The van der Waals surface area contributed by atoms with E-state index in [1.165, 1.54) is 6.26 Å². The van der Waals surface area contributed by atoms with Crippen molar-refractivity contribution in [2.75, 3.05) is 25.1 Å². The first-order valence-corrected chi connectivity index (χ1v) is 6.04. The molecule has 0 aromatic carbocycles. The van der Waals surface area contributed by atoms with Crippen molar-refractivity contribution >= 4 is 9.84 Å². The summed E-state index contributed by atoms with van der Waals surface area (Å²) >= 11 is 0. The Kier molecular flexibility index (Phi) is 5.44. The van der Waals surface area contributed by atoms with Crippen LogP contribution >= 0.6 is 0 Å². The molecule has 0 aliphatic carbocycles. The van der Waals surface area contributed by atoms with E-state index in [4.69, 9.17) is 5.11 Å². The van der Waals surface area contributed by atoms with Gasteiger partial charge in [0.2, 0.25) is 0 Å². The van der Waals surface area contributed by atoms with Gasteiger partial charge in [0.15, 0.2) is 0 Å². The molecular formula is C7H17NO3S. The Morgan fingerprint density at radius 2 is 2.08 bits per heavy atom. The molecule has 0 aliphatic rings. The molecule has 1 unspecified atom stereocenters. The third-order valence-corrected chi connectivity index (χ3v) is 2.34. The van der Waals surface area contributed by atoms with Gasteiger partial charge in [-0.2, -0.15) is 0 Å². The van der Waals surface area contributed by atoms with E-state index in [1.54, 1.807) is 6.92 Å². The first-order valence-electron chi connectivity index (χ1n) is 3.98. The van der Waals surface area contributed by atoms with Gasteiger partial charge in [-0.1, -0.05) is 0 Å². The molecule has 0 saturated carbocycles. The molecule has 0 aromatic heterocycles. The second-order valence-corrected chi connectivity index (χ2v) is 5.30. The highest BCUT2D eigenvalue weighted by molar-refractivity contribution is 7.90. The predicted molar refractivity (Wildman–Crippen MR) is 48.9 cm³/mol. The van der Waals surface area contributed by atoms with E-state index in [0.29, 0.717) is 19.5 Å². The lowest BCUT2D eigenvalue weighted by atomic mass is 10.4. The van der Waals surface area contributed by atoms with E-state index in [2.05, 4.69) is 5.32 Å². The maximum Gasteiger partial charge on any atom is 0.147 e. The minimum Gasteiger partial charge on any atom is -0.392 e. The highest BCUT2D eigenvalue weighted by Crippen LogP contribution is 1.86. The Bertz CT molecular complexity index is 199. The lowest BCUT2D eigenvalue weighted by Crippen LogP contribution is -2.26. The van der Waals surface area contributed by atoms with Gasteiger partial charge in [0, 0.05) is 12.8 Å². The topological polar surface area (TPSA) is 66.4 Å². The second kappa shape index (κ2) is 5.50. The van der Waals surface area contributed by atoms with Crippen LogP contribution in [0.1, 0.15) is 13.3 Å². The average Bonchev–Trinajstić information content (AvgIpc) is 1.83. The number of aliphatic hydroxyl groups is 1. The summed E-state index contributed by atoms with van der Waals surface area (Å²) in [5.41, 5.74) is 0. The fourth-order valence-electron chi connectivity index (χ4n) is 0.770. The van der Waals surface area contributed by atoms with Gasteiger partial charge in [0.25, 0.3) is 0 Å². The van der Waals surface area contributed by atoms with E-state index in [0.717, 1.165) is 0 Å². The molecule has 0 bridgehead atoms. The van der Waals surface area contributed by atoms with Crippen LogP contribution in [0.2, 0.25) is 0 Å². The fourth-order valence-corrected chi connectivity index (χ4v) is 1.44. The predicted octanol–water partition coefficient (Wildman–Crippen LogP) is -0.608. The van der Waals surface area contributed by atoms with E-state index in [1.807, 2.05) is 0 Å². The first kappa shape index (κ1) is 11.9. The minimum atomic E-state index is -2.83. The summed E-state index contributed by atoms with van der Waals surface area (Å²) in [6, 6.07) is 0. The lowest BCUT2D eigenvalue weighted by Gasteiger charge is -2.05. The molecule has 0 rings (SSSR count). The zero-order chi connectivity index (χ0) is 9.61. The summed E-state index contributed by atoms with van der Waals surface area (Å²) in [6.07, 6.45) is 1.45. The summed E-state index contributed by atoms with van der Waals surface area (Å²) < 4.78 is 21.3. The SMILES string of the molecule is CC(O)CNCCCS(C)(=O)=O. The van der Waals surface area contributed by atoms with Crippen LogP contribution < -0.4 is 5.32 Å². The largest absolute Gasteiger partial charge is 0.392 e. The molecule has 12 heavy (non-hydrogen) atoms. The normalized spacial score (nSPS) is 14.6. The second-order valence-electron chi connectivity index (χ2n) is 3.04. The lowest BCUT2D eigenvalue weighted by molar-refractivity contribution is 0.191. The van der Waals surface area contributed by atoms with Crippen LogP contribution in [0.4, 0.5) is 0 Å². The van der Waals surface area contributed by atoms with Crippen molar-refractivity contribution in [3.05, 3.63) is 0 Å². The van der Waals surface area contributed by atoms with Gasteiger partial charge in [-0.15, -0.1) is 0 Å². The summed E-state index contributed by atoms with van der Waals surface area (Å²) in [4.78, 5) is 0. The van der Waals surface area contributed by atoms with Gasteiger partial charge in [0.1, 0.15) is 9.84 Å². The fraction of sp³-hybridized carbons (Fsp3) is 1.00. The molecule has 0 spiro atoms. The van der Waals surface area contributed by atoms with E-state index in [9.17, 15) is 8.42 Å². The smallest absolute Gasteiger partial charge is 0.147 e. The molecule has 74 valence electrons. The van der Waals surface area contributed by atoms with Crippen molar-refractivity contribution in [2.24, 2.45) is 0 Å². The number of rotatable bonds is 6. The van der Waals surface area contributed by atoms with E-state index < -0.39 is 9.84 Å². The Morgan fingerprint density at radius 1 is 1.50 bits per heavy atom. The van der Waals surface area contributed by atoms with Crippen molar-refractivity contribution in [2.45, 2.75) is 19.4 Å². The molecule has 1 atom stereocenters. The van der Waals surface area contributed by atoms with Crippen LogP contribution in [0.25, 0.3) is 0 Å². The summed E-state index contributed by atoms with van der Waals surface area (Å²) in [6.45, 7) is 2.84. The number of hydrogen-bond donors (Lipinski definition) is 2. The van der Waals surface area contributed by atoms with Crippen molar-refractivity contribution in [3.8, 4) is 0 Å². The zero-order valence-electron chi connectivity index (χ0n) is 7.58. The standard InChI is InChI=1S/C7H17NO3S/c1-7(9)6-8-4-3-5-12(2,10)11/h7-9H,3-6H2,1-2H3. The van der Waals surface area contributed by atoms with Gasteiger partial charge >= 0.3 is 0 Å². The van der Waals surface area contributed by atoms with Gasteiger partial charge in [-0.05, 0) is 19.9 Å². The molecule has 5 heteroatoms. The van der Waals surface area contributed by atoms with Crippen LogP contribution in [0.5, 0.6) is 0 Å². The zero-order valence-corrected chi connectivity index (χ0v) is 8.39. The number of sulfone groups is 1. The Hall–Kier alpha value is -0.130.